The van der Waals surface area contributed by atoms with Crippen molar-refractivity contribution in [2.24, 2.45) is 0 Å². The van der Waals surface area contributed by atoms with E-state index in [0.717, 1.165) is 0 Å². The summed E-state index contributed by atoms with van der Waals surface area (Å²) in [6.45, 7) is 5.24. The van der Waals surface area contributed by atoms with Crippen LogP contribution in [0.5, 0.6) is 0 Å². The molecule has 19 heavy (non-hydrogen) atoms. The summed E-state index contributed by atoms with van der Waals surface area (Å²) < 4.78 is 5.06. The standard InChI is InChI=1S/C13H17Cl2NO3/c1-13(2,3)19-12(18)16-7-10(17)11-8(14)5-4-6-9(11)15/h4-6,10,17H,7H2,1-3H3,(H,16,18). The van der Waals surface area contributed by atoms with Gasteiger partial charge in [-0.1, -0.05) is 29.3 Å². The molecule has 106 valence electrons. The van der Waals surface area contributed by atoms with Gasteiger partial charge in [-0.25, -0.2) is 4.79 Å². The second-order valence-corrected chi connectivity index (χ2v) is 5.85. The van der Waals surface area contributed by atoms with E-state index < -0.39 is 17.8 Å². The molecular formula is C13H17Cl2NO3. The molecule has 1 rings (SSSR count). The molecule has 1 amide bonds. The fraction of sp³-hybridized carbons (Fsp3) is 0.462. The number of hydrogen-bond donors (Lipinski definition) is 2. The molecule has 0 saturated heterocycles. The molecule has 0 saturated carbocycles. The summed E-state index contributed by atoms with van der Waals surface area (Å²) in [4.78, 5) is 11.5. The van der Waals surface area contributed by atoms with Crippen molar-refractivity contribution in [1.82, 2.24) is 5.32 Å². The molecule has 1 aromatic rings. The maximum Gasteiger partial charge on any atom is 0.407 e. The van der Waals surface area contributed by atoms with Crippen molar-refractivity contribution in [2.75, 3.05) is 6.54 Å². The van der Waals surface area contributed by atoms with Gasteiger partial charge in [0.05, 0.1) is 12.6 Å². The van der Waals surface area contributed by atoms with Crippen LogP contribution in [0, 0.1) is 0 Å². The molecular weight excluding hydrogens is 289 g/mol. The van der Waals surface area contributed by atoms with Gasteiger partial charge in [0.1, 0.15) is 5.60 Å². The Kier molecular flexibility index (Phi) is 5.47. The third-order valence-corrected chi connectivity index (χ3v) is 2.83. The van der Waals surface area contributed by atoms with Crippen molar-refractivity contribution in [3.63, 3.8) is 0 Å². The monoisotopic (exact) mass is 305 g/mol. The van der Waals surface area contributed by atoms with E-state index in [0.29, 0.717) is 15.6 Å². The van der Waals surface area contributed by atoms with Crippen molar-refractivity contribution < 1.29 is 14.6 Å². The zero-order chi connectivity index (χ0) is 14.6. The minimum absolute atomic E-state index is 0.0294. The van der Waals surface area contributed by atoms with Crippen molar-refractivity contribution >= 4 is 29.3 Å². The summed E-state index contributed by atoms with van der Waals surface area (Å²) in [7, 11) is 0. The molecule has 2 N–H and O–H groups in total. The molecule has 0 spiro atoms. The van der Waals surface area contributed by atoms with Gasteiger partial charge in [0, 0.05) is 15.6 Å². The largest absolute Gasteiger partial charge is 0.444 e. The lowest BCUT2D eigenvalue weighted by atomic mass is 10.1. The van der Waals surface area contributed by atoms with Crippen LogP contribution in [0.1, 0.15) is 32.4 Å². The second-order valence-electron chi connectivity index (χ2n) is 5.03. The number of carbonyl (C=O) groups excluding carboxylic acids is 1. The summed E-state index contributed by atoms with van der Waals surface area (Å²) in [6.07, 6.45) is -1.59. The Bertz CT molecular complexity index is 437. The number of carbonyl (C=O) groups is 1. The van der Waals surface area contributed by atoms with Crippen LogP contribution < -0.4 is 5.32 Å². The Balaban J connectivity index is 2.61. The number of alkyl carbamates (subject to hydrolysis) is 1. The Morgan fingerprint density at radius 1 is 1.37 bits per heavy atom. The van der Waals surface area contributed by atoms with Gasteiger partial charge in [-0.05, 0) is 32.9 Å². The number of rotatable bonds is 3. The van der Waals surface area contributed by atoms with Gasteiger partial charge in [-0.3, -0.25) is 0 Å². The van der Waals surface area contributed by atoms with Gasteiger partial charge in [0.15, 0.2) is 0 Å². The van der Waals surface area contributed by atoms with Crippen molar-refractivity contribution in [2.45, 2.75) is 32.5 Å². The molecule has 0 aliphatic carbocycles. The maximum absolute atomic E-state index is 11.5. The molecule has 1 aromatic carbocycles. The Hall–Kier alpha value is -0.970. The van der Waals surface area contributed by atoms with Crippen LogP contribution in [-0.4, -0.2) is 23.3 Å². The lowest BCUT2D eigenvalue weighted by Crippen LogP contribution is -2.34. The highest BCUT2D eigenvalue weighted by molar-refractivity contribution is 6.36. The summed E-state index contributed by atoms with van der Waals surface area (Å²) in [5, 5.41) is 13.2. The van der Waals surface area contributed by atoms with Crippen LogP contribution in [-0.2, 0) is 4.74 Å². The minimum atomic E-state index is -0.992. The molecule has 0 radical (unpaired) electrons. The molecule has 1 unspecified atom stereocenters. The van der Waals surface area contributed by atoms with Crippen LogP contribution >= 0.6 is 23.2 Å². The molecule has 0 fully saturated rings. The first-order chi connectivity index (χ1) is 8.70. The van der Waals surface area contributed by atoms with Crippen LogP contribution in [0.4, 0.5) is 4.79 Å². The van der Waals surface area contributed by atoms with Gasteiger partial charge < -0.3 is 15.2 Å². The van der Waals surface area contributed by atoms with E-state index in [1.54, 1.807) is 39.0 Å². The summed E-state index contributed by atoms with van der Waals surface area (Å²) in [6, 6.07) is 4.93. The van der Waals surface area contributed by atoms with E-state index in [1.807, 2.05) is 0 Å². The molecule has 0 heterocycles. The smallest absolute Gasteiger partial charge is 0.407 e. The first-order valence-electron chi connectivity index (χ1n) is 5.79. The van der Waals surface area contributed by atoms with Gasteiger partial charge in [0.2, 0.25) is 0 Å². The van der Waals surface area contributed by atoms with Crippen molar-refractivity contribution in [3.8, 4) is 0 Å². The van der Waals surface area contributed by atoms with Gasteiger partial charge in [-0.15, -0.1) is 0 Å². The third kappa shape index (κ3) is 5.27. The Labute approximate surface area is 122 Å². The van der Waals surface area contributed by atoms with E-state index in [9.17, 15) is 9.90 Å². The molecule has 0 aromatic heterocycles. The molecule has 6 heteroatoms. The highest BCUT2D eigenvalue weighted by Crippen LogP contribution is 2.29. The zero-order valence-electron chi connectivity index (χ0n) is 11.0. The van der Waals surface area contributed by atoms with Crippen LogP contribution in [0.15, 0.2) is 18.2 Å². The number of halogens is 2. The lowest BCUT2D eigenvalue weighted by Gasteiger charge is -2.21. The van der Waals surface area contributed by atoms with Crippen LogP contribution in [0.2, 0.25) is 10.0 Å². The average Bonchev–Trinajstić information content (AvgIpc) is 2.23. The number of hydrogen-bond acceptors (Lipinski definition) is 3. The fourth-order valence-corrected chi connectivity index (χ4v) is 2.07. The summed E-state index contributed by atoms with van der Waals surface area (Å²) >= 11 is 11.9. The molecule has 0 bridgehead atoms. The molecule has 0 aliphatic rings. The number of aliphatic hydroxyl groups is 1. The van der Waals surface area contributed by atoms with E-state index in [2.05, 4.69) is 5.32 Å². The maximum atomic E-state index is 11.5. The number of nitrogens with one attached hydrogen (secondary N) is 1. The quantitative estimate of drug-likeness (QED) is 0.898. The Morgan fingerprint density at radius 2 is 1.89 bits per heavy atom. The zero-order valence-corrected chi connectivity index (χ0v) is 12.5. The molecule has 4 nitrogen and oxygen atoms in total. The first-order valence-corrected chi connectivity index (χ1v) is 6.55. The molecule has 0 aliphatic heterocycles. The fourth-order valence-electron chi connectivity index (χ4n) is 1.43. The number of benzene rings is 1. The van der Waals surface area contributed by atoms with Gasteiger partial charge in [0.25, 0.3) is 0 Å². The first kappa shape index (κ1) is 16.1. The van der Waals surface area contributed by atoms with Gasteiger partial charge >= 0.3 is 6.09 Å². The van der Waals surface area contributed by atoms with E-state index in [4.69, 9.17) is 27.9 Å². The normalized spacial score (nSPS) is 12.9. The average molecular weight is 306 g/mol. The highest BCUT2D eigenvalue weighted by Gasteiger charge is 2.19. The number of aliphatic hydroxyl groups excluding tert-OH is 1. The third-order valence-electron chi connectivity index (χ3n) is 2.17. The van der Waals surface area contributed by atoms with Crippen molar-refractivity contribution in [3.05, 3.63) is 33.8 Å². The Morgan fingerprint density at radius 3 is 2.37 bits per heavy atom. The lowest BCUT2D eigenvalue weighted by molar-refractivity contribution is 0.0492. The SMILES string of the molecule is CC(C)(C)OC(=O)NCC(O)c1c(Cl)cccc1Cl. The highest BCUT2D eigenvalue weighted by atomic mass is 35.5. The number of ether oxygens (including phenoxy) is 1. The number of amides is 1. The van der Waals surface area contributed by atoms with Gasteiger partial charge in [-0.2, -0.15) is 0 Å². The topological polar surface area (TPSA) is 58.6 Å². The summed E-state index contributed by atoms with van der Waals surface area (Å²) in [5.41, 5.74) is -0.196. The van der Waals surface area contributed by atoms with E-state index >= 15 is 0 Å². The predicted octanol–water partition coefficient (Wildman–Crippen LogP) is 3.55. The van der Waals surface area contributed by atoms with Crippen LogP contribution in [0.3, 0.4) is 0 Å². The second kappa shape index (κ2) is 6.46. The minimum Gasteiger partial charge on any atom is -0.444 e. The predicted molar refractivity (Wildman–Crippen MR) is 75.7 cm³/mol. The summed E-state index contributed by atoms with van der Waals surface area (Å²) in [5.74, 6) is 0. The van der Waals surface area contributed by atoms with E-state index in [1.165, 1.54) is 0 Å². The van der Waals surface area contributed by atoms with Crippen molar-refractivity contribution in [1.29, 1.82) is 0 Å². The van der Waals surface area contributed by atoms with E-state index in [-0.39, 0.29) is 6.54 Å². The van der Waals surface area contributed by atoms with Crippen LogP contribution in [0.25, 0.3) is 0 Å². The molecule has 1 atom stereocenters.